The minimum atomic E-state index is -0.209. The number of rotatable bonds is 4. The minimum Gasteiger partial charge on any atom is -0.330 e. The number of benzene rings is 2. The van der Waals surface area contributed by atoms with Crippen LogP contribution in [0.25, 0.3) is 0 Å². The summed E-state index contributed by atoms with van der Waals surface area (Å²) in [4.78, 5) is 0. The maximum atomic E-state index is 13.3. The first kappa shape index (κ1) is 14.2. The molecule has 0 fully saturated rings. The van der Waals surface area contributed by atoms with Crippen LogP contribution in [0.2, 0.25) is 0 Å². The normalized spacial score (nSPS) is 12.4. The van der Waals surface area contributed by atoms with Gasteiger partial charge < -0.3 is 5.73 Å². The molecular weight excluding hydrogens is 305 g/mol. The van der Waals surface area contributed by atoms with Gasteiger partial charge in [-0.05, 0) is 54.8 Å². The number of hydrogen-bond acceptors (Lipinski definition) is 1. The molecule has 0 saturated carbocycles. The van der Waals surface area contributed by atoms with E-state index in [2.05, 4.69) is 35.0 Å². The predicted molar refractivity (Wildman–Crippen MR) is 80.8 cm³/mol. The highest BCUT2D eigenvalue weighted by molar-refractivity contribution is 9.10. The fourth-order valence-corrected chi connectivity index (χ4v) is 2.74. The Bertz CT molecular complexity index is 568. The van der Waals surface area contributed by atoms with Crippen molar-refractivity contribution in [3.63, 3.8) is 0 Å². The maximum Gasteiger partial charge on any atom is 0.123 e. The molecule has 0 aliphatic carbocycles. The van der Waals surface area contributed by atoms with Gasteiger partial charge in [0.05, 0.1) is 0 Å². The topological polar surface area (TPSA) is 26.0 Å². The lowest BCUT2D eigenvalue weighted by Crippen LogP contribution is -2.16. The molecule has 1 unspecified atom stereocenters. The standard InChI is InChI=1S/C16H17BrFN/c1-11-4-2-3-5-15(11)13(10-19)8-12-9-14(18)6-7-16(12)17/h2-7,9,13H,8,10,19H2,1H3. The van der Waals surface area contributed by atoms with Crippen LogP contribution in [0.4, 0.5) is 4.39 Å². The van der Waals surface area contributed by atoms with Crippen LogP contribution < -0.4 is 5.73 Å². The Morgan fingerprint density at radius 2 is 1.95 bits per heavy atom. The van der Waals surface area contributed by atoms with Gasteiger partial charge in [-0.15, -0.1) is 0 Å². The Morgan fingerprint density at radius 1 is 1.21 bits per heavy atom. The summed E-state index contributed by atoms with van der Waals surface area (Å²) in [6.07, 6.45) is 0.736. The van der Waals surface area contributed by atoms with E-state index in [-0.39, 0.29) is 11.7 Å². The Kier molecular flexibility index (Phi) is 4.72. The number of hydrogen-bond donors (Lipinski definition) is 1. The lowest BCUT2D eigenvalue weighted by Gasteiger charge is -2.18. The summed E-state index contributed by atoms with van der Waals surface area (Å²) >= 11 is 3.47. The van der Waals surface area contributed by atoms with E-state index in [0.29, 0.717) is 6.54 Å². The molecule has 0 heterocycles. The molecule has 100 valence electrons. The van der Waals surface area contributed by atoms with E-state index in [1.807, 2.05) is 12.1 Å². The van der Waals surface area contributed by atoms with Crippen molar-refractivity contribution in [1.29, 1.82) is 0 Å². The monoisotopic (exact) mass is 321 g/mol. The zero-order valence-corrected chi connectivity index (χ0v) is 12.5. The van der Waals surface area contributed by atoms with Crippen LogP contribution in [0.15, 0.2) is 46.9 Å². The molecule has 0 bridgehead atoms. The molecule has 19 heavy (non-hydrogen) atoms. The largest absolute Gasteiger partial charge is 0.330 e. The average molecular weight is 322 g/mol. The Labute approximate surface area is 121 Å². The Balaban J connectivity index is 2.29. The molecule has 2 N–H and O–H groups in total. The molecular formula is C16H17BrFN. The molecule has 0 amide bonds. The predicted octanol–water partition coefficient (Wildman–Crippen LogP) is 4.18. The van der Waals surface area contributed by atoms with Gasteiger partial charge in [0.15, 0.2) is 0 Å². The average Bonchev–Trinajstić information content (AvgIpc) is 2.41. The van der Waals surface area contributed by atoms with E-state index in [0.717, 1.165) is 16.5 Å². The van der Waals surface area contributed by atoms with Gasteiger partial charge in [0, 0.05) is 10.4 Å². The third kappa shape index (κ3) is 3.43. The Morgan fingerprint density at radius 3 is 2.63 bits per heavy atom. The summed E-state index contributed by atoms with van der Waals surface area (Å²) in [5.74, 6) is -0.00180. The number of halogens is 2. The second kappa shape index (κ2) is 6.31. The lowest BCUT2D eigenvalue weighted by molar-refractivity contribution is 0.619. The molecule has 3 heteroatoms. The summed E-state index contributed by atoms with van der Waals surface area (Å²) in [5, 5.41) is 0. The van der Waals surface area contributed by atoms with Crippen molar-refractivity contribution in [2.45, 2.75) is 19.3 Å². The summed E-state index contributed by atoms with van der Waals surface area (Å²) in [6, 6.07) is 13.0. The van der Waals surface area contributed by atoms with E-state index in [9.17, 15) is 4.39 Å². The summed E-state index contributed by atoms with van der Waals surface area (Å²) in [7, 11) is 0. The SMILES string of the molecule is Cc1ccccc1C(CN)Cc1cc(F)ccc1Br. The highest BCUT2D eigenvalue weighted by Gasteiger charge is 2.14. The molecule has 2 rings (SSSR count). The van der Waals surface area contributed by atoms with Gasteiger partial charge in [-0.25, -0.2) is 4.39 Å². The van der Waals surface area contributed by atoms with Crippen LogP contribution in [-0.4, -0.2) is 6.54 Å². The summed E-state index contributed by atoms with van der Waals surface area (Å²) < 4.78 is 14.3. The molecule has 0 aliphatic heterocycles. The zero-order valence-electron chi connectivity index (χ0n) is 10.9. The van der Waals surface area contributed by atoms with Gasteiger partial charge in [-0.3, -0.25) is 0 Å². The highest BCUT2D eigenvalue weighted by Crippen LogP contribution is 2.27. The number of aryl methyl sites for hydroxylation is 1. The van der Waals surface area contributed by atoms with Gasteiger partial charge in [0.25, 0.3) is 0 Å². The van der Waals surface area contributed by atoms with Crippen molar-refractivity contribution in [3.8, 4) is 0 Å². The van der Waals surface area contributed by atoms with Gasteiger partial charge >= 0.3 is 0 Å². The Hall–Kier alpha value is -1.19. The smallest absolute Gasteiger partial charge is 0.123 e. The molecule has 2 aromatic rings. The van der Waals surface area contributed by atoms with E-state index in [1.54, 1.807) is 12.1 Å². The van der Waals surface area contributed by atoms with Crippen LogP contribution >= 0.6 is 15.9 Å². The van der Waals surface area contributed by atoms with Crippen molar-refractivity contribution < 1.29 is 4.39 Å². The van der Waals surface area contributed by atoms with Gasteiger partial charge in [-0.1, -0.05) is 40.2 Å². The first-order chi connectivity index (χ1) is 9.11. The van der Waals surface area contributed by atoms with E-state index < -0.39 is 0 Å². The molecule has 0 radical (unpaired) electrons. The molecule has 0 aliphatic rings. The number of nitrogens with two attached hydrogens (primary N) is 1. The first-order valence-electron chi connectivity index (χ1n) is 6.31. The second-order valence-electron chi connectivity index (χ2n) is 4.73. The molecule has 0 saturated heterocycles. The summed E-state index contributed by atoms with van der Waals surface area (Å²) in [6.45, 7) is 2.63. The zero-order chi connectivity index (χ0) is 13.8. The quantitative estimate of drug-likeness (QED) is 0.898. The lowest BCUT2D eigenvalue weighted by atomic mass is 9.89. The maximum absolute atomic E-state index is 13.3. The minimum absolute atomic E-state index is 0.208. The van der Waals surface area contributed by atoms with Crippen LogP contribution in [0, 0.1) is 12.7 Å². The highest BCUT2D eigenvalue weighted by atomic mass is 79.9. The second-order valence-corrected chi connectivity index (χ2v) is 5.58. The van der Waals surface area contributed by atoms with E-state index in [1.165, 1.54) is 17.2 Å². The van der Waals surface area contributed by atoms with Crippen molar-refractivity contribution >= 4 is 15.9 Å². The van der Waals surface area contributed by atoms with Crippen molar-refractivity contribution in [2.75, 3.05) is 6.54 Å². The van der Waals surface area contributed by atoms with Crippen molar-refractivity contribution in [2.24, 2.45) is 5.73 Å². The van der Waals surface area contributed by atoms with Gasteiger partial charge in [0.2, 0.25) is 0 Å². The molecule has 0 aromatic heterocycles. The molecule has 0 spiro atoms. The van der Waals surface area contributed by atoms with Crippen molar-refractivity contribution in [1.82, 2.24) is 0 Å². The third-order valence-corrected chi connectivity index (χ3v) is 4.16. The van der Waals surface area contributed by atoms with Crippen molar-refractivity contribution in [3.05, 3.63) is 69.4 Å². The van der Waals surface area contributed by atoms with Gasteiger partial charge in [-0.2, -0.15) is 0 Å². The third-order valence-electron chi connectivity index (χ3n) is 3.39. The van der Waals surface area contributed by atoms with Gasteiger partial charge in [0.1, 0.15) is 5.82 Å². The summed E-state index contributed by atoms with van der Waals surface area (Å²) in [5.41, 5.74) is 9.32. The van der Waals surface area contributed by atoms with E-state index >= 15 is 0 Å². The fraction of sp³-hybridized carbons (Fsp3) is 0.250. The van der Waals surface area contributed by atoms with E-state index in [4.69, 9.17) is 5.73 Å². The van der Waals surface area contributed by atoms with Crippen LogP contribution in [0.5, 0.6) is 0 Å². The van der Waals surface area contributed by atoms with Crippen LogP contribution in [-0.2, 0) is 6.42 Å². The first-order valence-corrected chi connectivity index (χ1v) is 7.10. The fourth-order valence-electron chi connectivity index (χ4n) is 2.33. The molecule has 1 atom stereocenters. The van der Waals surface area contributed by atoms with Crippen LogP contribution in [0.3, 0.4) is 0 Å². The molecule has 1 nitrogen and oxygen atoms in total. The molecule has 2 aromatic carbocycles. The van der Waals surface area contributed by atoms with Crippen LogP contribution in [0.1, 0.15) is 22.6 Å².